The molecule has 1 rings (SSSR count). The smallest absolute Gasteiger partial charge is 0.323 e. The second-order valence-electron chi connectivity index (χ2n) is 4.34. The number of hydrogen-bond acceptors (Lipinski definition) is 4. The van der Waals surface area contributed by atoms with Crippen molar-refractivity contribution in [3.63, 3.8) is 0 Å². The summed E-state index contributed by atoms with van der Waals surface area (Å²) in [7, 11) is -2.29. The van der Waals surface area contributed by atoms with E-state index in [1.165, 1.54) is 14.0 Å². The molecule has 0 radical (unpaired) electrons. The summed E-state index contributed by atoms with van der Waals surface area (Å²) in [5, 5.41) is 0. The fourth-order valence-electron chi connectivity index (χ4n) is 1.55. The maximum absolute atomic E-state index is 12.1. The van der Waals surface area contributed by atoms with Crippen LogP contribution < -0.4 is 4.72 Å². The highest BCUT2D eigenvalue weighted by Gasteiger charge is 2.24. The predicted octanol–water partition coefficient (Wildman–Crippen LogP) is 0.904. The number of esters is 1. The maximum Gasteiger partial charge on any atom is 0.323 e. The van der Waals surface area contributed by atoms with Crippen LogP contribution in [0.5, 0.6) is 0 Å². The molecule has 112 valence electrons. The van der Waals surface area contributed by atoms with Gasteiger partial charge in [-0.2, -0.15) is 17.4 Å². The number of benzene rings is 1. The van der Waals surface area contributed by atoms with Gasteiger partial charge in [0.05, 0.1) is 6.61 Å². The van der Waals surface area contributed by atoms with Gasteiger partial charge in [0.1, 0.15) is 6.04 Å². The van der Waals surface area contributed by atoms with Crippen LogP contribution in [0.2, 0.25) is 0 Å². The first-order valence-corrected chi connectivity index (χ1v) is 7.75. The average Bonchev–Trinajstić information content (AvgIpc) is 2.39. The summed E-state index contributed by atoms with van der Waals surface area (Å²) in [5.74, 6) is -0.593. The van der Waals surface area contributed by atoms with Crippen LogP contribution in [0.3, 0.4) is 0 Å². The molecule has 0 spiro atoms. The van der Waals surface area contributed by atoms with Crippen LogP contribution in [0.4, 0.5) is 0 Å². The van der Waals surface area contributed by atoms with Gasteiger partial charge in [0.15, 0.2) is 0 Å². The predicted molar refractivity (Wildman–Crippen MR) is 76.1 cm³/mol. The van der Waals surface area contributed by atoms with E-state index < -0.39 is 22.2 Å². The van der Waals surface area contributed by atoms with E-state index in [4.69, 9.17) is 4.74 Å². The number of rotatable bonds is 7. The van der Waals surface area contributed by atoms with E-state index in [2.05, 4.69) is 4.72 Å². The Morgan fingerprint density at radius 2 is 1.95 bits per heavy atom. The summed E-state index contributed by atoms with van der Waals surface area (Å²) >= 11 is 0. The molecule has 0 aliphatic carbocycles. The molecular formula is C13H20N2O4S. The van der Waals surface area contributed by atoms with Gasteiger partial charge in [0.2, 0.25) is 0 Å². The summed E-state index contributed by atoms with van der Waals surface area (Å²) in [4.78, 5) is 11.4. The summed E-state index contributed by atoms with van der Waals surface area (Å²) in [6.07, 6.45) is 0. The third kappa shape index (κ3) is 4.92. The normalized spacial score (nSPS) is 13.2. The second-order valence-corrected chi connectivity index (χ2v) is 6.15. The highest BCUT2D eigenvalue weighted by Crippen LogP contribution is 2.06. The zero-order valence-corrected chi connectivity index (χ0v) is 12.7. The first-order valence-electron chi connectivity index (χ1n) is 6.31. The molecule has 1 aromatic carbocycles. The van der Waals surface area contributed by atoms with Crippen molar-refractivity contribution >= 4 is 16.2 Å². The van der Waals surface area contributed by atoms with Gasteiger partial charge in [-0.25, -0.2) is 0 Å². The molecule has 1 N–H and O–H groups in total. The highest BCUT2D eigenvalue weighted by atomic mass is 32.2. The quantitative estimate of drug-likeness (QED) is 0.759. The Balaban J connectivity index is 2.66. The number of ether oxygens (including phenoxy) is 1. The van der Waals surface area contributed by atoms with Gasteiger partial charge in [-0.15, -0.1) is 0 Å². The number of nitrogens with one attached hydrogen (secondary N) is 1. The minimum Gasteiger partial charge on any atom is -0.465 e. The Labute approximate surface area is 119 Å². The molecule has 0 aliphatic rings. The topological polar surface area (TPSA) is 75.7 Å². The van der Waals surface area contributed by atoms with E-state index >= 15 is 0 Å². The zero-order valence-electron chi connectivity index (χ0n) is 11.9. The Morgan fingerprint density at radius 1 is 1.35 bits per heavy atom. The number of nitrogens with zero attached hydrogens (tertiary/aromatic N) is 1. The van der Waals surface area contributed by atoms with Crippen molar-refractivity contribution in [2.75, 3.05) is 13.7 Å². The van der Waals surface area contributed by atoms with E-state index in [0.717, 1.165) is 9.87 Å². The molecule has 0 saturated heterocycles. The van der Waals surface area contributed by atoms with Gasteiger partial charge in [-0.05, 0) is 19.4 Å². The van der Waals surface area contributed by atoms with Gasteiger partial charge in [-0.1, -0.05) is 30.3 Å². The first-order chi connectivity index (χ1) is 9.36. The van der Waals surface area contributed by atoms with Gasteiger partial charge in [-0.3, -0.25) is 4.79 Å². The van der Waals surface area contributed by atoms with E-state index in [1.807, 2.05) is 30.3 Å². The van der Waals surface area contributed by atoms with Crippen LogP contribution in [0.1, 0.15) is 19.4 Å². The van der Waals surface area contributed by atoms with Crippen molar-refractivity contribution in [2.45, 2.75) is 26.4 Å². The fourth-order valence-corrected chi connectivity index (χ4v) is 2.60. The largest absolute Gasteiger partial charge is 0.465 e. The molecule has 0 bridgehead atoms. The average molecular weight is 300 g/mol. The minimum atomic E-state index is -3.74. The molecule has 1 unspecified atom stereocenters. The Bertz CT molecular complexity index is 531. The van der Waals surface area contributed by atoms with E-state index in [1.54, 1.807) is 6.92 Å². The van der Waals surface area contributed by atoms with Crippen LogP contribution in [0.25, 0.3) is 0 Å². The van der Waals surface area contributed by atoms with Crippen molar-refractivity contribution in [3.8, 4) is 0 Å². The Hall–Kier alpha value is -1.44. The van der Waals surface area contributed by atoms with E-state index in [-0.39, 0.29) is 13.2 Å². The number of carbonyl (C=O) groups excluding carboxylic acids is 1. The summed E-state index contributed by atoms with van der Waals surface area (Å²) in [6.45, 7) is 3.56. The monoisotopic (exact) mass is 300 g/mol. The molecule has 0 aliphatic heterocycles. The van der Waals surface area contributed by atoms with E-state index in [9.17, 15) is 13.2 Å². The summed E-state index contributed by atoms with van der Waals surface area (Å²) in [6, 6.07) is 8.29. The maximum atomic E-state index is 12.1. The van der Waals surface area contributed by atoms with Crippen molar-refractivity contribution in [3.05, 3.63) is 35.9 Å². The third-order valence-corrected chi connectivity index (χ3v) is 4.23. The zero-order chi connectivity index (χ0) is 15.2. The van der Waals surface area contributed by atoms with Crippen LogP contribution in [0, 0.1) is 0 Å². The van der Waals surface area contributed by atoms with Crippen molar-refractivity contribution in [1.82, 2.24) is 9.03 Å². The van der Waals surface area contributed by atoms with Gasteiger partial charge < -0.3 is 4.74 Å². The SMILES string of the molecule is CCOC(=O)C(C)NS(=O)(=O)N(C)Cc1ccccc1. The Morgan fingerprint density at radius 3 is 2.50 bits per heavy atom. The molecule has 1 aromatic rings. The van der Waals surface area contributed by atoms with Crippen LogP contribution in [-0.4, -0.2) is 38.4 Å². The lowest BCUT2D eigenvalue weighted by Crippen LogP contribution is -2.45. The lowest BCUT2D eigenvalue weighted by Gasteiger charge is -2.20. The van der Waals surface area contributed by atoms with Crippen molar-refractivity contribution in [1.29, 1.82) is 0 Å². The molecule has 1 atom stereocenters. The lowest BCUT2D eigenvalue weighted by molar-refractivity contribution is -0.144. The third-order valence-electron chi connectivity index (χ3n) is 2.62. The van der Waals surface area contributed by atoms with Crippen LogP contribution in [0.15, 0.2) is 30.3 Å². The van der Waals surface area contributed by atoms with Crippen molar-refractivity contribution in [2.24, 2.45) is 0 Å². The number of hydrogen-bond donors (Lipinski definition) is 1. The van der Waals surface area contributed by atoms with Crippen LogP contribution >= 0.6 is 0 Å². The summed E-state index contributed by atoms with van der Waals surface area (Å²) in [5.41, 5.74) is 0.865. The molecule has 6 nitrogen and oxygen atoms in total. The number of carbonyl (C=O) groups is 1. The van der Waals surface area contributed by atoms with Gasteiger partial charge >= 0.3 is 5.97 Å². The fraction of sp³-hybridized carbons (Fsp3) is 0.462. The lowest BCUT2D eigenvalue weighted by atomic mass is 10.2. The van der Waals surface area contributed by atoms with Gasteiger partial charge in [0, 0.05) is 13.6 Å². The van der Waals surface area contributed by atoms with E-state index in [0.29, 0.717) is 0 Å². The van der Waals surface area contributed by atoms with Crippen LogP contribution in [-0.2, 0) is 26.3 Å². The first kappa shape index (κ1) is 16.6. The molecule has 0 aromatic heterocycles. The minimum absolute atomic E-state index is 0.213. The molecule has 7 heteroatoms. The van der Waals surface area contributed by atoms with Gasteiger partial charge in [0.25, 0.3) is 10.2 Å². The molecule has 20 heavy (non-hydrogen) atoms. The second kappa shape index (κ2) is 7.37. The molecule has 0 amide bonds. The van der Waals surface area contributed by atoms with Crippen molar-refractivity contribution < 1.29 is 17.9 Å². The molecule has 0 fully saturated rings. The molecular weight excluding hydrogens is 280 g/mol. The molecule has 0 saturated carbocycles. The molecule has 0 heterocycles. The highest BCUT2D eigenvalue weighted by molar-refractivity contribution is 7.87. The Kier molecular flexibility index (Phi) is 6.12. The summed E-state index contributed by atoms with van der Waals surface area (Å²) < 4.78 is 32.3. The standard InChI is InChI=1S/C13H20N2O4S/c1-4-19-13(16)11(2)14-20(17,18)15(3)10-12-8-6-5-7-9-12/h5-9,11,14H,4,10H2,1-3H3.